The Hall–Kier alpha value is -3.97. The van der Waals surface area contributed by atoms with Crippen LogP contribution in [-0.2, 0) is 23.0 Å². The van der Waals surface area contributed by atoms with E-state index in [1.807, 2.05) is 37.3 Å². The van der Waals surface area contributed by atoms with E-state index < -0.39 is 34.3 Å². The van der Waals surface area contributed by atoms with Crippen molar-refractivity contribution in [3.63, 3.8) is 0 Å². The van der Waals surface area contributed by atoms with Crippen LogP contribution in [0.3, 0.4) is 0 Å². The molecule has 1 fully saturated rings. The first-order chi connectivity index (χ1) is 20.6. The number of oxime groups is 1. The second-order valence-electron chi connectivity index (χ2n) is 10.7. The van der Waals surface area contributed by atoms with Crippen LogP contribution in [0.1, 0.15) is 55.0 Å². The van der Waals surface area contributed by atoms with Crippen molar-refractivity contribution in [3.05, 3.63) is 101 Å². The van der Waals surface area contributed by atoms with E-state index in [0.29, 0.717) is 29.5 Å². The molecule has 1 aliphatic rings. The first-order valence-electron chi connectivity index (χ1n) is 14.2. The minimum absolute atomic E-state index is 0.0357. The van der Waals surface area contributed by atoms with Crippen molar-refractivity contribution in [1.82, 2.24) is 14.3 Å². The second-order valence-corrected chi connectivity index (χ2v) is 12.5. The Labute approximate surface area is 252 Å². The zero-order valence-electron chi connectivity index (χ0n) is 24.3. The molecule has 43 heavy (non-hydrogen) atoms. The molecule has 3 aromatic carbocycles. The maximum absolute atomic E-state index is 14.4. The minimum atomic E-state index is -4.32. The topological polar surface area (TPSA) is 160 Å². The number of sulfonamides is 1. The van der Waals surface area contributed by atoms with Gasteiger partial charge in [-0.15, -0.1) is 4.41 Å². The summed E-state index contributed by atoms with van der Waals surface area (Å²) in [5.41, 5.74) is 8.20. The molecular weight excluding hydrogens is 570 g/mol. The summed E-state index contributed by atoms with van der Waals surface area (Å²) in [5, 5.41) is 35.2. The highest BCUT2D eigenvalue weighted by molar-refractivity contribution is 7.89. The molecule has 1 heterocycles. The highest BCUT2D eigenvalue weighted by atomic mass is 32.2. The summed E-state index contributed by atoms with van der Waals surface area (Å²) < 4.78 is 29.2. The highest BCUT2D eigenvalue weighted by Crippen LogP contribution is 2.29. The molecule has 4 rings (SSSR count). The fraction of sp³-hybridized carbons (Fsp3) is 0.355. The third-order valence-corrected chi connectivity index (χ3v) is 9.28. The van der Waals surface area contributed by atoms with Crippen LogP contribution in [0.5, 0.6) is 0 Å². The van der Waals surface area contributed by atoms with Crippen LogP contribution < -0.4 is 5.73 Å². The van der Waals surface area contributed by atoms with E-state index in [1.54, 1.807) is 43.3 Å². The van der Waals surface area contributed by atoms with Crippen LogP contribution in [0.2, 0.25) is 0 Å². The Bertz CT molecular complexity index is 1530. The van der Waals surface area contributed by atoms with Crippen molar-refractivity contribution < 1.29 is 28.6 Å². The third-order valence-electron chi connectivity index (χ3n) is 7.53. The number of hydrogen-bond acceptors (Lipinski definition) is 7. The molecule has 0 bridgehead atoms. The van der Waals surface area contributed by atoms with Crippen LogP contribution in [0.25, 0.3) is 0 Å². The first-order valence-corrected chi connectivity index (χ1v) is 15.7. The number of nitrogens with two attached hydrogens (primary N) is 1. The molecule has 0 radical (unpaired) electrons. The smallest absolute Gasteiger partial charge is 0.336 e. The lowest BCUT2D eigenvalue weighted by atomic mass is 9.99. The number of rotatable bonds is 11. The van der Waals surface area contributed by atoms with E-state index in [2.05, 4.69) is 5.16 Å². The predicted octanol–water partition coefficient (Wildman–Crippen LogP) is 3.45. The standard InChI is InChI=1S/C31H39N5O6S/c1-3-4-16-35-31(39)34(20-24-12-8-14-26(17-24)30(32)33-40)28(18-23-10-6-5-7-11-23)29(38)21-36(35)43(41,42)27-15-9-13-25(19-27)22(2)37/h5-15,17,19,22,28-29,37-38,40H,3-4,16,18,20-21H2,1-2H3,(H2,32,33)/t22?,28-,29-/m1/s1. The van der Waals surface area contributed by atoms with Crippen LogP contribution in [0.4, 0.5) is 4.79 Å². The van der Waals surface area contributed by atoms with Crippen LogP contribution >= 0.6 is 0 Å². The lowest BCUT2D eigenvalue weighted by Crippen LogP contribution is -2.53. The molecule has 0 aliphatic carbocycles. The summed E-state index contributed by atoms with van der Waals surface area (Å²) in [7, 11) is -4.32. The molecule has 230 valence electrons. The van der Waals surface area contributed by atoms with Gasteiger partial charge in [0.1, 0.15) is 0 Å². The zero-order valence-corrected chi connectivity index (χ0v) is 25.1. The van der Waals surface area contributed by atoms with Gasteiger partial charge in [-0.25, -0.2) is 18.2 Å². The van der Waals surface area contributed by atoms with Crippen molar-refractivity contribution in [3.8, 4) is 0 Å². The number of amides is 2. The van der Waals surface area contributed by atoms with Gasteiger partial charge in [0.25, 0.3) is 10.0 Å². The predicted molar refractivity (Wildman–Crippen MR) is 162 cm³/mol. The SMILES string of the molecule is CCCCN1C(=O)N(Cc2cccc(/C(N)=N\O)c2)[C@H](Cc2ccccc2)[C@H](O)CN1S(=O)(=O)c1cccc(C(C)O)c1. The average molecular weight is 610 g/mol. The van der Waals surface area contributed by atoms with E-state index in [0.717, 1.165) is 9.98 Å². The van der Waals surface area contributed by atoms with Gasteiger partial charge >= 0.3 is 6.03 Å². The number of hydrazine groups is 1. The third kappa shape index (κ3) is 7.34. The van der Waals surface area contributed by atoms with Crippen LogP contribution in [0, 0.1) is 0 Å². The van der Waals surface area contributed by atoms with Gasteiger partial charge in [-0.05, 0) is 54.7 Å². The Balaban J connectivity index is 1.82. The molecule has 0 aromatic heterocycles. The van der Waals surface area contributed by atoms with E-state index >= 15 is 0 Å². The lowest BCUT2D eigenvalue weighted by molar-refractivity contribution is 0.0578. The Morgan fingerprint density at radius 3 is 2.42 bits per heavy atom. The number of aliphatic hydroxyl groups is 2. The number of carbonyl (C=O) groups excluding carboxylic acids is 1. The number of aliphatic hydroxyl groups excluding tert-OH is 2. The summed E-state index contributed by atoms with van der Waals surface area (Å²) in [6.07, 6.45) is -0.641. The molecule has 11 nitrogen and oxygen atoms in total. The molecule has 3 aromatic rings. The van der Waals surface area contributed by atoms with Gasteiger partial charge in [0.2, 0.25) is 0 Å². The fourth-order valence-electron chi connectivity index (χ4n) is 5.14. The molecule has 1 aliphatic heterocycles. The number of unbranched alkanes of at least 4 members (excludes halogenated alkanes) is 1. The fourth-order valence-corrected chi connectivity index (χ4v) is 6.68. The molecule has 3 atom stereocenters. The number of urea groups is 1. The van der Waals surface area contributed by atoms with Gasteiger partial charge in [-0.2, -0.15) is 0 Å². The number of carbonyl (C=O) groups is 1. The lowest BCUT2D eigenvalue weighted by Gasteiger charge is -2.36. The number of amidine groups is 1. The summed E-state index contributed by atoms with van der Waals surface area (Å²) in [6, 6.07) is 20.9. The molecule has 2 amide bonds. The number of nitrogens with zero attached hydrogens (tertiary/aromatic N) is 4. The van der Waals surface area contributed by atoms with Crippen molar-refractivity contribution in [2.24, 2.45) is 10.9 Å². The van der Waals surface area contributed by atoms with Crippen LogP contribution in [0.15, 0.2) is 88.9 Å². The summed E-state index contributed by atoms with van der Waals surface area (Å²) in [6.45, 7) is 3.27. The van der Waals surface area contributed by atoms with Gasteiger partial charge in [-0.1, -0.05) is 79.2 Å². The van der Waals surface area contributed by atoms with Crippen molar-refractivity contribution in [1.29, 1.82) is 0 Å². The monoisotopic (exact) mass is 609 g/mol. The van der Waals surface area contributed by atoms with Gasteiger partial charge in [0.15, 0.2) is 5.84 Å². The normalized spacial score (nSPS) is 19.3. The van der Waals surface area contributed by atoms with Crippen molar-refractivity contribution >= 4 is 21.9 Å². The first kappa shape index (κ1) is 32.0. The Kier molecular flexibility index (Phi) is 10.4. The molecule has 0 saturated carbocycles. The number of benzene rings is 3. The Morgan fingerprint density at radius 2 is 1.74 bits per heavy atom. The quantitative estimate of drug-likeness (QED) is 0.112. The highest BCUT2D eigenvalue weighted by Gasteiger charge is 2.44. The van der Waals surface area contributed by atoms with Crippen LogP contribution in [-0.4, -0.2) is 75.3 Å². The maximum atomic E-state index is 14.4. The van der Waals surface area contributed by atoms with Gasteiger partial charge in [0, 0.05) is 18.7 Å². The molecule has 0 spiro atoms. The Morgan fingerprint density at radius 1 is 1.05 bits per heavy atom. The number of β-amino-alcohol motifs (C(OH)–C–C–N with tert-alkyl or cyclic N) is 1. The van der Waals surface area contributed by atoms with E-state index in [4.69, 9.17) is 10.9 Å². The average Bonchev–Trinajstić information content (AvgIpc) is 3.10. The van der Waals surface area contributed by atoms with Crippen molar-refractivity contribution in [2.45, 2.75) is 62.8 Å². The second kappa shape index (κ2) is 14.0. The number of hydrogen-bond donors (Lipinski definition) is 4. The molecular formula is C31H39N5O6S. The van der Waals surface area contributed by atoms with Gasteiger partial charge in [-0.3, -0.25) is 0 Å². The van der Waals surface area contributed by atoms with E-state index in [1.165, 1.54) is 22.0 Å². The molecule has 1 unspecified atom stereocenters. The minimum Gasteiger partial charge on any atom is -0.409 e. The summed E-state index contributed by atoms with van der Waals surface area (Å²) in [4.78, 5) is 15.9. The maximum Gasteiger partial charge on any atom is 0.336 e. The molecule has 12 heteroatoms. The van der Waals surface area contributed by atoms with Gasteiger partial charge < -0.3 is 26.1 Å². The zero-order chi connectivity index (χ0) is 31.1. The largest absolute Gasteiger partial charge is 0.409 e. The summed E-state index contributed by atoms with van der Waals surface area (Å²) in [5.74, 6) is -0.0915. The van der Waals surface area contributed by atoms with E-state index in [9.17, 15) is 23.4 Å². The van der Waals surface area contributed by atoms with Gasteiger partial charge in [0.05, 0.1) is 29.7 Å². The molecule has 1 saturated heterocycles. The van der Waals surface area contributed by atoms with E-state index in [-0.39, 0.29) is 36.8 Å². The summed E-state index contributed by atoms with van der Waals surface area (Å²) >= 11 is 0. The molecule has 5 N–H and O–H groups in total. The van der Waals surface area contributed by atoms with Crippen molar-refractivity contribution in [2.75, 3.05) is 13.1 Å².